The first-order chi connectivity index (χ1) is 8.17. The monoisotopic (exact) mass is 290 g/mol. The van der Waals surface area contributed by atoms with Crippen molar-refractivity contribution in [1.29, 1.82) is 10.5 Å². The summed E-state index contributed by atoms with van der Waals surface area (Å²) < 4.78 is 0. The maximum atomic E-state index is 9.10. The number of nitrogens with zero attached hydrogens (tertiary/aromatic N) is 4. The Hall–Kier alpha value is -1.46. The molecule has 0 N–H and O–H groups in total. The third-order valence-electron chi connectivity index (χ3n) is 3.76. The van der Waals surface area contributed by atoms with Gasteiger partial charge in [-0.15, -0.1) is 10.2 Å². The first-order valence-electron chi connectivity index (χ1n) is 5.42. The van der Waals surface area contributed by atoms with E-state index in [0.717, 1.165) is 23.7 Å². The Morgan fingerprint density at radius 2 is 2.24 bits per heavy atom. The second-order valence-corrected chi connectivity index (χ2v) is 5.01. The third-order valence-corrected chi connectivity index (χ3v) is 4.76. The molecule has 0 saturated heterocycles. The van der Waals surface area contributed by atoms with E-state index in [4.69, 9.17) is 10.5 Å². The predicted molar refractivity (Wildman–Crippen MR) is 65.3 cm³/mol. The van der Waals surface area contributed by atoms with E-state index in [1.54, 1.807) is 6.07 Å². The number of hydrogen-bond acceptors (Lipinski definition) is 4. The number of halogens is 1. The van der Waals surface area contributed by atoms with Gasteiger partial charge in [0.1, 0.15) is 12.1 Å². The molecule has 4 nitrogen and oxygen atoms in total. The van der Waals surface area contributed by atoms with Crippen LogP contribution in [-0.4, -0.2) is 15.5 Å². The molecule has 1 aliphatic carbocycles. The predicted octanol–water partition coefficient (Wildman–Crippen LogP) is 2.28. The molecule has 0 bridgehead atoms. The average molecular weight is 291 g/mol. The van der Waals surface area contributed by atoms with Crippen LogP contribution in [0.2, 0.25) is 0 Å². The van der Waals surface area contributed by atoms with E-state index in [-0.39, 0.29) is 11.1 Å². The smallest absolute Gasteiger partial charge is 0.167 e. The summed E-state index contributed by atoms with van der Waals surface area (Å²) in [5, 5.41) is 26.3. The van der Waals surface area contributed by atoms with Crippen molar-refractivity contribution >= 4 is 15.9 Å². The minimum Gasteiger partial charge on any atom is -0.191 e. The molecule has 1 heterocycles. The second-order valence-electron chi connectivity index (χ2n) is 4.44. The highest BCUT2D eigenvalue weighted by Gasteiger charge is 2.46. The standard InChI is InChI=1S/C12H11BrN4/c1-8-2-3-12(8,7-13)10-4-9(5-14)16-17-11(10)6-15/h4,8H,2-3,7H2,1H3. The molecule has 1 aromatic heterocycles. The van der Waals surface area contributed by atoms with E-state index in [1.165, 1.54) is 0 Å². The fourth-order valence-corrected chi connectivity index (χ4v) is 3.50. The molecule has 1 saturated carbocycles. The van der Waals surface area contributed by atoms with Gasteiger partial charge < -0.3 is 0 Å². The Kier molecular flexibility index (Phi) is 3.13. The van der Waals surface area contributed by atoms with Crippen molar-refractivity contribution in [3.05, 3.63) is 23.0 Å². The van der Waals surface area contributed by atoms with E-state index in [0.29, 0.717) is 11.6 Å². The lowest BCUT2D eigenvalue weighted by atomic mass is 9.58. The second kappa shape index (κ2) is 4.43. The molecule has 86 valence electrons. The highest BCUT2D eigenvalue weighted by atomic mass is 79.9. The maximum absolute atomic E-state index is 9.10. The first kappa shape index (κ1) is 12.0. The van der Waals surface area contributed by atoms with Crippen LogP contribution in [0.1, 0.15) is 36.7 Å². The van der Waals surface area contributed by atoms with Gasteiger partial charge in [0.15, 0.2) is 11.4 Å². The molecule has 0 spiro atoms. The van der Waals surface area contributed by atoms with Crippen molar-refractivity contribution in [3.63, 3.8) is 0 Å². The average Bonchev–Trinajstić information content (AvgIpc) is 2.38. The van der Waals surface area contributed by atoms with Crippen LogP contribution in [0.3, 0.4) is 0 Å². The molecule has 2 rings (SSSR count). The van der Waals surface area contributed by atoms with Crippen molar-refractivity contribution in [3.8, 4) is 12.1 Å². The summed E-state index contributed by atoms with van der Waals surface area (Å²) in [6.07, 6.45) is 2.16. The molecule has 1 fully saturated rings. The van der Waals surface area contributed by atoms with Crippen LogP contribution >= 0.6 is 15.9 Å². The zero-order valence-corrected chi connectivity index (χ0v) is 11.0. The lowest BCUT2D eigenvalue weighted by molar-refractivity contribution is 0.165. The molecule has 2 atom stereocenters. The zero-order chi connectivity index (χ0) is 12.5. The Balaban J connectivity index is 2.58. The van der Waals surface area contributed by atoms with Crippen LogP contribution in [0.15, 0.2) is 6.07 Å². The molecule has 1 aromatic rings. The first-order valence-corrected chi connectivity index (χ1v) is 6.54. The normalized spacial score (nSPS) is 26.7. The molecule has 1 aliphatic rings. The highest BCUT2D eigenvalue weighted by molar-refractivity contribution is 9.09. The van der Waals surface area contributed by atoms with Crippen molar-refractivity contribution in [2.75, 3.05) is 5.33 Å². The molecule has 0 aliphatic heterocycles. The van der Waals surface area contributed by atoms with Gasteiger partial charge in [-0.25, -0.2) is 0 Å². The highest BCUT2D eigenvalue weighted by Crippen LogP contribution is 2.50. The Bertz CT molecular complexity index is 524. The van der Waals surface area contributed by atoms with Crippen molar-refractivity contribution < 1.29 is 0 Å². The molecule has 0 radical (unpaired) electrons. The molecule has 2 unspecified atom stereocenters. The number of aromatic nitrogens is 2. The van der Waals surface area contributed by atoms with Crippen LogP contribution < -0.4 is 0 Å². The Morgan fingerprint density at radius 1 is 1.47 bits per heavy atom. The summed E-state index contributed by atoms with van der Waals surface area (Å²) in [5.41, 5.74) is 1.42. The summed E-state index contributed by atoms with van der Waals surface area (Å²) in [6, 6.07) is 5.76. The SMILES string of the molecule is CC1CCC1(CBr)c1cc(C#N)nnc1C#N. The molecular formula is C12H11BrN4. The molecule has 0 aromatic carbocycles. The zero-order valence-electron chi connectivity index (χ0n) is 9.44. The van der Waals surface area contributed by atoms with Crippen LogP contribution in [0.5, 0.6) is 0 Å². The summed E-state index contributed by atoms with van der Waals surface area (Å²) in [7, 11) is 0. The fourth-order valence-electron chi connectivity index (χ4n) is 2.36. The summed E-state index contributed by atoms with van der Waals surface area (Å²) in [6.45, 7) is 2.17. The fraction of sp³-hybridized carbons (Fsp3) is 0.500. The Morgan fingerprint density at radius 3 is 2.65 bits per heavy atom. The van der Waals surface area contributed by atoms with Gasteiger partial charge in [-0.1, -0.05) is 22.9 Å². The number of alkyl halides is 1. The van der Waals surface area contributed by atoms with Crippen LogP contribution in [0.4, 0.5) is 0 Å². The molecular weight excluding hydrogens is 280 g/mol. The summed E-state index contributed by atoms with van der Waals surface area (Å²) in [4.78, 5) is 0. The lowest BCUT2D eigenvalue weighted by Gasteiger charge is -2.47. The van der Waals surface area contributed by atoms with Gasteiger partial charge in [0.2, 0.25) is 0 Å². The van der Waals surface area contributed by atoms with Gasteiger partial charge in [0, 0.05) is 16.3 Å². The number of rotatable bonds is 2. The minimum absolute atomic E-state index is 0.0629. The van der Waals surface area contributed by atoms with Gasteiger partial charge in [-0.3, -0.25) is 0 Å². The van der Waals surface area contributed by atoms with Crippen molar-refractivity contribution in [2.45, 2.75) is 25.2 Å². The molecule has 5 heteroatoms. The maximum Gasteiger partial charge on any atom is 0.167 e. The minimum atomic E-state index is -0.0629. The molecule has 0 amide bonds. The number of hydrogen-bond donors (Lipinski definition) is 0. The van der Waals surface area contributed by atoms with E-state index < -0.39 is 0 Å². The van der Waals surface area contributed by atoms with Gasteiger partial charge in [-0.2, -0.15) is 10.5 Å². The van der Waals surface area contributed by atoms with Crippen LogP contribution in [0.25, 0.3) is 0 Å². The van der Waals surface area contributed by atoms with Crippen molar-refractivity contribution in [2.24, 2.45) is 5.92 Å². The lowest BCUT2D eigenvalue weighted by Crippen LogP contribution is -2.45. The van der Waals surface area contributed by atoms with E-state index in [2.05, 4.69) is 39.1 Å². The third kappa shape index (κ3) is 1.71. The topological polar surface area (TPSA) is 73.4 Å². The van der Waals surface area contributed by atoms with Gasteiger partial charge in [-0.05, 0) is 24.8 Å². The van der Waals surface area contributed by atoms with Gasteiger partial charge in [0.25, 0.3) is 0 Å². The van der Waals surface area contributed by atoms with Gasteiger partial charge in [0.05, 0.1) is 0 Å². The number of nitriles is 2. The van der Waals surface area contributed by atoms with E-state index in [9.17, 15) is 0 Å². The largest absolute Gasteiger partial charge is 0.191 e. The molecule has 17 heavy (non-hydrogen) atoms. The van der Waals surface area contributed by atoms with E-state index >= 15 is 0 Å². The van der Waals surface area contributed by atoms with Crippen LogP contribution in [-0.2, 0) is 5.41 Å². The van der Waals surface area contributed by atoms with Gasteiger partial charge >= 0.3 is 0 Å². The summed E-state index contributed by atoms with van der Waals surface area (Å²) >= 11 is 3.53. The van der Waals surface area contributed by atoms with Crippen LogP contribution in [0, 0.1) is 28.6 Å². The summed E-state index contributed by atoms with van der Waals surface area (Å²) in [5.74, 6) is 0.490. The Labute approximate surface area is 108 Å². The quantitative estimate of drug-likeness (QED) is 0.783. The van der Waals surface area contributed by atoms with E-state index in [1.807, 2.05) is 6.07 Å². The van der Waals surface area contributed by atoms with Crippen molar-refractivity contribution in [1.82, 2.24) is 10.2 Å².